The van der Waals surface area contributed by atoms with Gasteiger partial charge < -0.3 is 5.32 Å². The summed E-state index contributed by atoms with van der Waals surface area (Å²) in [7, 11) is 0. The number of hydrogen-bond donors (Lipinski definition) is 1. The molecule has 1 saturated carbocycles. The zero-order chi connectivity index (χ0) is 10.1. The Labute approximate surface area is 88.3 Å². The van der Waals surface area contributed by atoms with Gasteiger partial charge >= 0.3 is 0 Å². The molecule has 0 radical (unpaired) electrons. The number of nitrogens with one attached hydrogen (secondary N) is 1. The Bertz CT molecular complexity index is 340. The number of rotatable bonds is 3. The fourth-order valence-corrected chi connectivity index (χ4v) is 1.75. The molecule has 1 aromatic carbocycles. The van der Waals surface area contributed by atoms with Crippen LogP contribution in [0.15, 0.2) is 18.2 Å². The zero-order valence-corrected chi connectivity index (χ0v) is 8.81. The van der Waals surface area contributed by atoms with E-state index in [0.717, 1.165) is 18.0 Å². The normalized spacial score (nSPS) is 25.1. The van der Waals surface area contributed by atoms with E-state index in [1.165, 1.54) is 18.6 Å². The maximum Gasteiger partial charge on any atom is 0.124 e. The van der Waals surface area contributed by atoms with E-state index in [0.29, 0.717) is 11.1 Å². The Morgan fingerprint density at radius 2 is 2.29 bits per heavy atom. The molecule has 14 heavy (non-hydrogen) atoms. The van der Waals surface area contributed by atoms with Gasteiger partial charge in [-0.25, -0.2) is 4.39 Å². The average molecular weight is 214 g/mol. The van der Waals surface area contributed by atoms with Gasteiger partial charge in [0.25, 0.3) is 0 Å². The molecule has 1 N–H and O–H groups in total. The van der Waals surface area contributed by atoms with Crippen molar-refractivity contribution in [3.05, 3.63) is 34.6 Å². The monoisotopic (exact) mass is 213 g/mol. The van der Waals surface area contributed by atoms with Crippen LogP contribution in [0.1, 0.15) is 18.9 Å². The van der Waals surface area contributed by atoms with E-state index >= 15 is 0 Å². The maximum atomic E-state index is 12.7. The lowest BCUT2D eigenvalue weighted by molar-refractivity contribution is 0.622. The molecule has 3 heteroatoms. The van der Waals surface area contributed by atoms with Gasteiger partial charge in [0.05, 0.1) is 0 Å². The Hall–Kier alpha value is -0.600. The second-order valence-electron chi connectivity index (χ2n) is 3.94. The predicted octanol–water partition coefficient (Wildman–Crippen LogP) is 2.98. The molecule has 2 atom stereocenters. The Morgan fingerprint density at radius 3 is 2.86 bits per heavy atom. The second kappa shape index (κ2) is 3.87. The summed E-state index contributed by atoms with van der Waals surface area (Å²) < 4.78 is 12.7. The Kier molecular flexibility index (Phi) is 2.75. The molecule has 0 saturated heterocycles. The standard InChI is InChI=1S/C11H13ClFN/c1-7-4-11(7)14-6-8-2-3-9(13)5-10(8)12/h2-3,5,7,11,14H,4,6H2,1H3. The molecule has 0 amide bonds. The Morgan fingerprint density at radius 1 is 1.57 bits per heavy atom. The molecule has 0 spiro atoms. The fraction of sp³-hybridized carbons (Fsp3) is 0.455. The zero-order valence-electron chi connectivity index (χ0n) is 8.06. The van der Waals surface area contributed by atoms with Crippen LogP contribution in [0, 0.1) is 11.7 Å². The van der Waals surface area contributed by atoms with Crippen LogP contribution in [0.4, 0.5) is 4.39 Å². The van der Waals surface area contributed by atoms with E-state index in [-0.39, 0.29) is 5.82 Å². The highest BCUT2D eigenvalue weighted by atomic mass is 35.5. The van der Waals surface area contributed by atoms with Crippen molar-refractivity contribution in [1.82, 2.24) is 5.32 Å². The van der Waals surface area contributed by atoms with E-state index in [1.54, 1.807) is 6.07 Å². The molecule has 76 valence electrons. The summed E-state index contributed by atoms with van der Waals surface area (Å²) in [5, 5.41) is 3.88. The van der Waals surface area contributed by atoms with Crippen LogP contribution in [0.25, 0.3) is 0 Å². The quantitative estimate of drug-likeness (QED) is 0.814. The first-order valence-corrected chi connectivity index (χ1v) is 5.22. The van der Waals surface area contributed by atoms with Crippen LogP contribution in [0.3, 0.4) is 0 Å². The highest BCUT2D eigenvalue weighted by Gasteiger charge is 2.31. The van der Waals surface area contributed by atoms with Crippen LogP contribution < -0.4 is 5.32 Å². The van der Waals surface area contributed by atoms with Crippen LogP contribution in [0.5, 0.6) is 0 Å². The van der Waals surface area contributed by atoms with E-state index in [2.05, 4.69) is 12.2 Å². The van der Waals surface area contributed by atoms with Crippen molar-refractivity contribution < 1.29 is 4.39 Å². The summed E-state index contributed by atoms with van der Waals surface area (Å²) in [5.41, 5.74) is 0.965. The van der Waals surface area contributed by atoms with Crippen LogP contribution in [-0.4, -0.2) is 6.04 Å². The minimum Gasteiger partial charge on any atom is -0.310 e. The van der Waals surface area contributed by atoms with Crippen molar-refractivity contribution in [3.63, 3.8) is 0 Å². The van der Waals surface area contributed by atoms with Gasteiger partial charge in [-0.2, -0.15) is 0 Å². The summed E-state index contributed by atoms with van der Waals surface area (Å²) in [6.45, 7) is 2.94. The first-order chi connectivity index (χ1) is 6.66. The molecule has 1 aromatic rings. The lowest BCUT2D eigenvalue weighted by Gasteiger charge is -2.05. The summed E-state index contributed by atoms with van der Waals surface area (Å²) in [6, 6.07) is 5.15. The lowest BCUT2D eigenvalue weighted by Crippen LogP contribution is -2.17. The predicted molar refractivity (Wildman–Crippen MR) is 55.8 cm³/mol. The minimum absolute atomic E-state index is 0.279. The van der Waals surface area contributed by atoms with E-state index in [4.69, 9.17) is 11.6 Å². The van der Waals surface area contributed by atoms with Crippen molar-refractivity contribution >= 4 is 11.6 Å². The molecule has 0 aromatic heterocycles. The van der Waals surface area contributed by atoms with Crippen molar-refractivity contribution in [2.75, 3.05) is 0 Å². The van der Waals surface area contributed by atoms with Crippen molar-refractivity contribution in [2.45, 2.75) is 25.9 Å². The summed E-state index contributed by atoms with van der Waals surface area (Å²) in [5.74, 6) is 0.493. The SMILES string of the molecule is CC1CC1NCc1ccc(F)cc1Cl. The number of halogens is 2. The van der Waals surface area contributed by atoms with E-state index in [9.17, 15) is 4.39 Å². The molecule has 2 unspecified atom stereocenters. The van der Waals surface area contributed by atoms with Crippen LogP contribution in [0.2, 0.25) is 5.02 Å². The third-order valence-corrected chi connectivity index (χ3v) is 3.03. The van der Waals surface area contributed by atoms with Crippen molar-refractivity contribution in [2.24, 2.45) is 5.92 Å². The maximum absolute atomic E-state index is 12.7. The number of benzene rings is 1. The smallest absolute Gasteiger partial charge is 0.124 e. The second-order valence-corrected chi connectivity index (χ2v) is 4.34. The molecule has 1 fully saturated rings. The molecule has 1 aliphatic rings. The van der Waals surface area contributed by atoms with Crippen molar-refractivity contribution in [3.8, 4) is 0 Å². The van der Waals surface area contributed by atoms with Crippen LogP contribution in [-0.2, 0) is 6.54 Å². The first kappa shape index (κ1) is 9.94. The van der Waals surface area contributed by atoms with Gasteiger partial charge in [-0.3, -0.25) is 0 Å². The molecule has 1 nitrogen and oxygen atoms in total. The Balaban J connectivity index is 1.95. The third-order valence-electron chi connectivity index (χ3n) is 2.68. The molecule has 0 aliphatic heterocycles. The van der Waals surface area contributed by atoms with Gasteiger partial charge in [-0.15, -0.1) is 0 Å². The number of hydrogen-bond acceptors (Lipinski definition) is 1. The average Bonchev–Trinajstić information content (AvgIpc) is 2.80. The topological polar surface area (TPSA) is 12.0 Å². The molecule has 2 rings (SSSR count). The lowest BCUT2D eigenvalue weighted by atomic mass is 10.2. The summed E-state index contributed by atoms with van der Waals surface area (Å²) in [4.78, 5) is 0. The van der Waals surface area contributed by atoms with Gasteiger partial charge in [0.15, 0.2) is 0 Å². The van der Waals surface area contributed by atoms with Gasteiger partial charge in [0.1, 0.15) is 5.82 Å². The van der Waals surface area contributed by atoms with Gasteiger partial charge in [-0.05, 0) is 30.0 Å². The highest BCUT2D eigenvalue weighted by molar-refractivity contribution is 6.31. The highest BCUT2D eigenvalue weighted by Crippen LogP contribution is 2.29. The largest absolute Gasteiger partial charge is 0.310 e. The molecular formula is C11H13ClFN. The third kappa shape index (κ3) is 2.25. The molecule has 1 aliphatic carbocycles. The fourth-order valence-electron chi connectivity index (χ4n) is 1.51. The van der Waals surface area contributed by atoms with E-state index in [1.807, 2.05) is 0 Å². The van der Waals surface area contributed by atoms with Crippen LogP contribution >= 0.6 is 11.6 Å². The van der Waals surface area contributed by atoms with Gasteiger partial charge in [0, 0.05) is 17.6 Å². The molecule has 0 heterocycles. The van der Waals surface area contributed by atoms with Gasteiger partial charge in [0.2, 0.25) is 0 Å². The first-order valence-electron chi connectivity index (χ1n) is 4.84. The summed E-state index contributed by atoms with van der Waals surface area (Å²) in [6.07, 6.45) is 1.23. The minimum atomic E-state index is -0.279. The van der Waals surface area contributed by atoms with E-state index < -0.39 is 0 Å². The molecule has 0 bridgehead atoms. The van der Waals surface area contributed by atoms with Crippen molar-refractivity contribution in [1.29, 1.82) is 0 Å². The van der Waals surface area contributed by atoms with Gasteiger partial charge in [-0.1, -0.05) is 24.6 Å². The summed E-state index contributed by atoms with van der Waals surface area (Å²) >= 11 is 5.89. The molecular weight excluding hydrogens is 201 g/mol.